The molecule has 2 nitrogen and oxygen atoms in total. The molecule has 4 heteroatoms. The standard InChI is InChI=1S/C14H17FO2S/c15-12-1-3-14(4-2-12)18-10-13(16)9-11-5-7-17-8-6-11/h1-4,11H,5-10H2. The maximum Gasteiger partial charge on any atom is 0.143 e. The Balaban J connectivity index is 1.72. The van der Waals surface area contributed by atoms with Crippen LogP contribution in [0, 0.1) is 11.7 Å². The summed E-state index contributed by atoms with van der Waals surface area (Å²) in [5, 5.41) is 0. The molecular weight excluding hydrogens is 251 g/mol. The van der Waals surface area contributed by atoms with E-state index in [0.717, 1.165) is 31.0 Å². The summed E-state index contributed by atoms with van der Waals surface area (Å²) < 4.78 is 18.0. The van der Waals surface area contributed by atoms with Crippen molar-refractivity contribution in [2.75, 3.05) is 19.0 Å². The van der Waals surface area contributed by atoms with E-state index in [1.807, 2.05) is 0 Å². The van der Waals surface area contributed by atoms with Gasteiger partial charge in [0.05, 0.1) is 5.75 Å². The minimum absolute atomic E-state index is 0.243. The van der Waals surface area contributed by atoms with Gasteiger partial charge in [0, 0.05) is 24.5 Å². The first-order chi connectivity index (χ1) is 8.74. The second kappa shape index (κ2) is 6.90. The zero-order chi connectivity index (χ0) is 12.8. The highest BCUT2D eigenvalue weighted by atomic mass is 32.2. The van der Waals surface area contributed by atoms with Crippen molar-refractivity contribution in [2.24, 2.45) is 5.92 Å². The van der Waals surface area contributed by atoms with E-state index in [4.69, 9.17) is 4.74 Å². The van der Waals surface area contributed by atoms with Gasteiger partial charge >= 0.3 is 0 Å². The molecule has 1 aliphatic heterocycles. The molecule has 1 fully saturated rings. The highest BCUT2D eigenvalue weighted by Crippen LogP contribution is 2.22. The third-order valence-electron chi connectivity index (χ3n) is 3.07. The molecule has 0 N–H and O–H groups in total. The van der Waals surface area contributed by atoms with Crippen LogP contribution in [0.15, 0.2) is 29.2 Å². The maximum atomic E-state index is 12.7. The van der Waals surface area contributed by atoms with Crippen LogP contribution in [0.4, 0.5) is 4.39 Å². The number of benzene rings is 1. The fourth-order valence-electron chi connectivity index (χ4n) is 2.03. The van der Waals surface area contributed by atoms with Crippen LogP contribution in [0.1, 0.15) is 19.3 Å². The molecule has 0 aromatic heterocycles. The van der Waals surface area contributed by atoms with Crippen LogP contribution in [0.2, 0.25) is 0 Å². The summed E-state index contributed by atoms with van der Waals surface area (Å²) in [5.41, 5.74) is 0. The smallest absolute Gasteiger partial charge is 0.143 e. The third kappa shape index (κ3) is 4.42. The zero-order valence-electron chi connectivity index (χ0n) is 10.2. The van der Waals surface area contributed by atoms with E-state index in [2.05, 4.69) is 0 Å². The Morgan fingerprint density at radius 1 is 1.28 bits per heavy atom. The number of Topliss-reactive ketones (excluding diaryl/α,β-unsaturated/α-hetero) is 1. The second-order valence-corrected chi connectivity index (χ2v) is 5.59. The topological polar surface area (TPSA) is 26.3 Å². The predicted octanol–water partition coefficient (Wildman–Crippen LogP) is 3.30. The lowest BCUT2D eigenvalue weighted by Crippen LogP contribution is -2.19. The lowest BCUT2D eigenvalue weighted by molar-refractivity contribution is -0.118. The van der Waals surface area contributed by atoms with Crippen molar-refractivity contribution in [3.63, 3.8) is 0 Å². The van der Waals surface area contributed by atoms with E-state index in [1.165, 1.54) is 23.9 Å². The van der Waals surface area contributed by atoms with Gasteiger partial charge in [-0.2, -0.15) is 0 Å². The molecule has 1 aromatic carbocycles. The van der Waals surface area contributed by atoms with E-state index >= 15 is 0 Å². The van der Waals surface area contributed by atoms with E-state index < -0.39 is 0 Å². The van der Waals surface area contributed by atoms with Gasteiger partial charge in [0.2, 0.25) is 0 Å². The number of thioether (sulfide) groups is 1. The fraction of sp³-hybridized carbons (Fsp3) is 0.500. The molecule has 0 amide bonds. The SMILES string of the molecule is O=C(CSc1ccc(F)cc1)CC1CCOCC1. The molecule has 0 unspecified atom stereocenters. The minimum Gasteiger partial charge on any atom is -0.381 e. The van der Waals surface area contributed by atoms with Gasteiger partial charge < -0.3 is 4.74 Å². The van der Waals surface area contributed by atoms with E-state index in [0.29, 0.717) is 18.1 Å². The number of carbonyl (C=O) groups excluding carboxylic acids is 1. The van der Waals surface area contributed by atoms with Crippen LogP contribution in [-0.4, -0.2) is 24.7 Å². The molecule has 98 valence electrons. The molecule has 18 heavy (non-hydrogen) atoms. The lowest BCUT2D eigenvalue weighted by atomic mass is 9.95. The van der Waals surface area contributed by atoms with Gasteiger partial charge in [-0.1, -0.05) is 0 Å². The van der Waals surface area contributed by atoms with Crippen LogP contribution in [0.25, 0.3) is 0 Å². The third-order valence-corrected chi connectivity index (χ3v) is 4.14. The molecule has 1 aliphatic rings. The van der Waals surface area contributed by atoms with E-state index in [1.54, 1.807) is 12.1 Å². The number of ketones is 1. The Kier molecular flexibility index (Phi) is 5.20. The molecule has 0 aliphatic carbocycles. The summed E-state index contributed by atoms with van der Waals surface area (Å²) in [5.74, 6) is 0.993. The number of carbonyl (C=O) groups is 1. The first-order valence-corrected chi connectivity index (χ1v) is 7.20. The van der Waals surface area contributed by atoms with Crippen LogP contribution in [0.5, 0.6) is 0 Å². The van der Waals surface area contributed by atoms with Gasteiger partial charge in [0.1, 0.15) is 11.6 Å². The summed E-state index contributed by atoms with van der Waals surface area (Å²) >= 11 is 1.48. The molecular formula is C14H17FO2S. The van der Waals surface area contributed by atoms with Gasteiger partial charge in [-0.05, 0) is 43.0 Å². The summed E-state index contributed by atoms with van der Waals surface area (Å²) in [6.45, 7) is 1.56. The molecule has 1 aromatic rings. The summed E-state index contributed by atoms with van der Waals surface area (Å²) in [7, 11) is 0. The van der Waals surface area contributed by atoms with Crippen molar-refractivity contribution in [2.45, 2.75) is 24.2 Å². The first kappa shape index (κ1) is 13.6. The van der Waals surface area contributed by atoms with Crippen LogP contribution in [-0.2, 0) is 9.53 Å². The number of halogens is 1. The highest BCUT2D eigenvalue weighted by Gasteiger charge is 2.17. The number of rotatable bonds is 5. The molecule has 0 radical (unpaired) electrons. The largest absolute Gasteiger partial charge is 0.381 e. The van der Waals surface area contributed by atoms with Gasteiger partial charge in [-0.15, -0.1) is 11.8 Å². The Morgan fingerprint density at radius 3 is 2.61 bits per heavy atom. The second-order valence-electron chi connectivity index (χ2n) is 4.54. The van der Waals surface area contributed by atoms with Gasteiger partial charge in [-0.25, -0.2) is 4.39 Å². The summed E-state index contributed by atoms with van der Waals surface area (Å²) in [6.07, 6.45) is 2.64. The van der Waals surface area contributed by atoms with Crippen molar-refractivity contribution >= 4 is 17.5 Å². The van der Waals surface area contributed by atoms with Gasteiger partial charge in [0.25, 0.3) is 0 Å². The molecule has 0 spiro atoms. The lowest BCUT2D eigenvalue weighted by Gasteiger charge is -2.21. The van der Waals surface area contributed by atoms with Crippen molar-refractivity contribution in [3.05, 3.63) is 30.1 Å². The Labute approximate surface area is 111 Å². The summed E-state index contributed by atoms with van der Waals surface area (Å²) in [6, 6.07) is 6.26. The maximum absolute atomic E-state index is 12.7. The quantitative estimate of drug-likeness (QED) is 0.766. The fourth-order valence-corrected chi connectivity index (χ4v) is 2.80. The van der Waals surface area contributed by atoms with Crippen molar-refractivity contribution < 1.29 is 13.9 Å². The first-order valence-electron chi connectivity index (χ1n) is 6.22. The summed E-state index contributed by atoms with van der Waals surface area (Å²) in [4.78, 5) is 12.8. The number of hydrogen-bond acceptors (Lipinski definition) is 3. The van der Waals surface area contributed by atoms with Crippen LogP contribution in [0.3, 0.4) is 0 Å². The van der Waals surface area contributed by atoms with Gasteiger partial charge in [-0.3, -0.25) is 4.79 Å². The Bertz CT molecular complexity index is 385. The van der Waals surface area contributed by atoms with Gasteiger partial charge in [0.15, 0.2) is 0 Å². The predicted molar refractivity (Wildman–Crippen MR) is 70.3 cm³/mol. The van der Waals surface area contributed by atoms with Crippen molar-refractivity contribution in [1.29, 1.82) is 0 Å². The monoisotopic (exact) mass is 268 g/mol. The van der Waals surface area contributed by atoms with Crippen LogP contribution >= 0.6 is 11.8 Å². The molecule has 2 rings (SSSR count). The average Bonchev–Trinajstić information content (AvgIpc) is 2.39. The average molecular weight is 268 g/mol. The number of hydrogen-bond donors (Lipinski definition) is 0. The minimum atomic E-state index is -0.243. The normalized spacial score (nSPS) is 16.7. The molecule has 0 bridgehead atoms. The van der Waals surface area contributed by atoms with Crippen LogP contribution < -0.4 is 0 Å². The van der Waals surface area contributed by atoms with E-state index in [-0.39, 0.29) is 11.6 Å². The van der Waals surface area contributed by atoms with Crippen molar-refractivity contribution in [1.82, 2.24) is 0 Å². The molecule has 1 saturated heterocycles. The molecule has 0 atom stereocenters. The Morgan fingerprint density at radius 2 is 1.94 bits per heavy atom. The number of ether oxygens (including phenoxy) is 1. The van der Waals surface area contributed by atoms with Crippen molar-refractivity contribution in [3.8, 4) is 0 Å². The molecule has 0 saturated carbocycles. The Hall–Kier alpha value is -0.870. The van der Waals surface area contributed by atoms with E-state index in [9.17, 15) is 9.18 Å². The highest BCUT2D eigenvalue weighted by molar-refractivity contribution is 8.00. The molecule has 1 heterocycles. The zero-order valence-corrected chi connectivity index (χ0v) is 11.0.